The average Bonchev–Trinajstić information content (AvgIpc) is 2.70. The molecule has 2 aliphatic carbocycles. The quantitative estimate of drug-likeness (QED) is 0.844. The lowest BCUT2D eigenvalue weighted by atomic mass is 9.80. The van der Waals surface area contributed by atoms with Gasteiger partial charge in [0.1, 0.15) is 5.78 Å². The van der Waals surface area contributed by atoms with Crippen LogP contribution in [-0.2, 0) is 16.0 Å². The van der Waals surface area contributed by atoms with Crippen molar-refractivity contribution in [3.63, 3.8) is 0 Å². The predicted molar refractivity (Wildman–Crippen MR) is 90.9 cm³/mol. The molecule has 3 rings (SSSR count). The summed E-state index contributed by atoms with van der Waals surface area (Å²) < 4.78 is 0. The maximum Gasteiger partial charge on any atom is 0.223 e. The first-order valence-electron chi connectivity index (χ1n) is 8.97. The van der Waals surface area contributed by atoms with Gasteiger partial charge in [0.25, 0.3) is 0 Å². The molecule has 0 radical (unpaired) electrons. The summed E-state index contributed by atoms with van der Waals surface area (Å²) in [5.74, 6) is 0.911. The third-order valence-corrected chi connectivity index (χ3v) is 5.66. The van der Waals surface area contributed by atoms with E-state index < -0.39 is 0 Å². The number of aryl methyl sites for hydroxylation is 1. The number of amides is 1. The molecule has 1 aromatic rings. The Morgan fingerprint density at radius 1 is 1.13 bits per heavy atom. The van der Waals surface area contributed by atoms with Crippen LogP contribution in [0.1, 0.15) is 63.1 Å². The van der Waals surface area contributed by atoms with Gasteiger partial charge in [-0.1, -0.05) is 38.1 Å². The number of hydrogen-bond donors (Lipinski definition) is 1. The molecule has 1 aromatic carbocycles. The highest BCUT2D eigenvalue weighted by Crippen LogP contribution is 2.34. The van der Waals surface area contributed by atoms with Gasteiger partial charge in [-0.15, -0.1) is 0 Å². The molecule has 0 aliphatic heterocycles. The maximum absolute atomic E-state index is 12.8. The van der Waals surface area contributed by atoms with Crippen molar-refractivity contribution in [2.75, 3.05) is 0 Å². The van der Waals surface area contributed by atoms with Crippen molar-refractivity contribution in [1.82, 2.24) is 5.32 Å². The largest absolute Gasteiger partial charge is 0.349 e. The van der Waals surface area contributed by atoms with Crippen LogP contribution >= 0.6 is 0 Å². The van der Waals surface area contributed by atoms with Gasteiger partial charge in [0, 0.05) is 18.3 Å². The molecule has 0 heterocycles. The van der Waals surface area contributed by atoms with Gasteiger partial charge in [-0.3, -0.25) is 9.59 Å². The highest BCUT2D eigenvalue weighted by Gasteiger charge is 2.33. The normalized spacial score (nSPS) is 31.1. The number of hydrogen-bond acceptors (Lipinski definition) is 2. The van der Waals surface area contributed by atoms with Gasteiger partial charge in [-0.2, -0.15) is 0 Å². The van der Waals surface area contributed by atoms with Crippen molar-refractivity contribution in [2.45, 2.75) is 58.4 Å². The monoisotopic (exact) mass is 313 g/mol. The van der Waals surface area contributed by atoms with E-state index in [0.29, 0.717) is 31.0 Å². The lowest BCUT2D eigenvalue weighted by Crippen LogP contribution is -2.39. The minimum atomic E-state index is -0.00897. The second kappa shape index (κ2) is 6.86. The zero-order valence-electron chi connectivity index (χ0n) is 14.2. The van der Waals surface area contributed by atoms with Crippen LogP contribution < -0.4 is 5.32 Å². The van der Waals surface area contributed by atoms with Crippen molar-refractivity contribution < 1.29 is 9.59 Å². The Labute approximate surface area is 138 Å². The first kappa shape index (κ1) is 16.2. The Kier molecular flexibility index (Phi) is 4.84. The fourth-order valence-electron chi connectivity index (χ4n) is 4.12. The fraction of sp³-hybridized carbons (Fsp3) is 0.600. The molecular formula is C20H27NO2. The molecule has 1 saturated carbocycles. The smallest absolute Gasteiger partial charge is 0.223 e. The van der Waals surface area contributed by atoms with Crippen LogP contribution in [0.15, 0.2) is 24.3 Å². The fourth-order valence-corrected chi connectivity index (χ4v) is 4.12. The molecule has 1 fully saturated rings. The first-order valence-corrected chi connectivity index (χ1v) is 8.97. The standard InChI is InChI=1S/C20H27NO2/c1-13-6-5-8-15-7-3-4-9-17(15)19(13)21-20(23)16-10-11-18(22)14(2)12-16/h3-4,7,9,13-14,16,19H,5-6,8,10-12H2,1-2H3,(H,21,23). The molecule has 1 amide bonds. The molecule has 0 spiro atoms. The van der Waals surface area contributed by atoms with Crippen LogP contribution in [0.2, 0.25) is 0 Å². The van der Waals surface area contributed by atoms with Gasteiger partial charge in [0.15, 0.2) is 0 Å². The Hall–Kier alpha value is -1.64. The summed E-state index contributed by atoms with van der Waals surface area (Å²) in [5, 5.41) is 3.32. The molecule has 124 valence electrons. The minimum absolute atomic E-state index is 0.00897. The SMILES string of the molecule is CC1CC(C(=O)NC2c3ccccc3CCCC2C)CCC1=O. The predicted octanol–water partition coefficient (Wildman–Crippen LogP) is 3.82. The minimum Gasteiger partial charge on any atom is -0.349 e. The third kappa shape index (κ3) is 3.49. The highest BCUT2D eigenvalue weighted by molar-refractivity contribution is 5.86. The van der Waals surface area contributed by atoms with Crippen molar-refractivity contribution in [3.05, 3.63) is 35.4 Å². The van der Waals surface area contributed by atoms with E-state index in [9.17, 15) is 9.59 Å². The topological polar surface area (TPSA) is 46.2 Å². The van der Waals surface area contributed by atoms with Crippen molar-refractivity contribution in [2.24, 2.45) is 17.8 Å². The summed E-state index contributed by atoms with van der Waals surface area (Å²) in [7, 11) is 0. The summed E-state index contributed by atoms with van der Waals surface area (Å²) >= 11 is 0. The Bertz CT molecular complexity index is 595. The molecule has 23 heavy (non-hydrogen) atoms. The van der Waals surface area contributed by atoms with Gasteiger partial charge in [0.05, 0.1) is 6.04 Å². The highest BCUT2D eigenvalue weighted by atomic mass is 16.2. The molecule has 3 heteroatoms. The Morgan fingerprint density at radius 2 is 1.91 bits per heavy atom. The lowest BCUT2D eigenvalue weighted by molar-refractivity contribution is -0.131. The van der Waals surface area contributed by atoms with E-state index in [1.807, 2.05) is 6.92 Å². The Balaban J connectivity index is 1.75. The van der Waals surface area contributed by atoms with Crippen LogP contribution in [0, 0.1) is 17.8 Å². The number of Topliss-reactive ketones (excluding diaryl/α,β-unsaturated/α-hetero) is 1. The number of rotatable bonds is 2. The van der Waals surface area contributed by atoms with Crippen molar-refractivity contribution in [3.8, 4) is 0 Å². The second-order valence-electron chi connectivity index (χ2n) is 7.39. The van der Waals surface area contributed by atoms with Crippen LogP contribution in [0.25, 0.3) is 0 Å². The summed E-state index contributed by atoms with van der Waals surface area (Å²) in [4.78, 5) is 24.4. The van der Waals surface area contributed by atoms with Gasteiger partial charge < -0.3 is 5.32 Å². The third-order valence-electron chi connectivity index (χ3n) is 5.66. The number of benzene rings is 1. The second-order valence-corrected chi connectivity index (χ2v) is 7.39. The zero-order valence-corrected chi connectivity index (χ0v) is 14.2. The number of carbonyl (C=O) groups excluding carboxylic acids is 2. The van der Waals surface area contributed by atoms with Crippen molar-refractivity contribution in [1.29, 1.82) is 0 Å². The van der Waals surface area contributed by atoms with Crippen LogP contribution in [0.5, 0.6) is 0 Å². The van der Waals surface area contributed by atoms with E-state index in [1.54, 1.807) is 0 Å². The zero-order chi connectivity index (χ0) is 16.4. The number of carbonyl (C=O) groups is 2. The number of ketones is 1. The molecule has 0 bridgehead atoms. The molecule has 0 aromatic heterocycles. The van der Waals surface area contributed by atoms with Crippen LogP contribution in [0.4, 0.5) is 0 Å². The molecular weight excluding hydrogens is 286 g/mol. The van der Waals surface area contributed by atoms with E-state index in [0.717, 1.165) is 12.8 Å². The number of fused-ring (bicyclic) bond motifs is 1. The van der Waals surface area contributed by atoms with E-state index >= 15 is 0 Å². The summed E-state index contributed by atoms with van der Waals surface area (Å²) in [6, 6.07) is 8.61. The molecule has 0 saturated heterocycles. The van der Waals surface area contributed by atoms with Gasteiger partial charge in [-0.25, -0.2) is 0 Å². The van der Waals surface area contributed by atoms with Crippen LogP contribution in [0.3, 0.4) is 0 Å². The molecule has 1 N–H and O–H groups in total. The van der Waals surface area contributed by atoms with Gasteiger partial charge in [-0.05, 0) is 49.1 Å². The Morgan fingerprint density at radius 3 is 2.70 bits per heavy atom. The van der Waals surface area contributed by atoms with Crippen molar-refractivity contribution >= 4 is 11.7 Å². The van der Waals surface area contributed by atoms with E-state index in [-0.39, 0.29) is 23.8 Å². The van der Waals surface area contributed by atoms with E-state index in [1.165, 1.54) is 17.5 Å². The molecule has 3 nitrogen and oxygen atoms in total. The van der Waals surface area contributed by atoms with Gasteiger partial charge in [0.2, 0.25) is 5.91 Å². The lowest BCUT2D eigenvalue weighted by Gasteiger charge is -2.30. The summed E-state index contributed by atoms with van der Waals surface area (Å²) in [6.45, 7) is 4.19. The summed E-state index contributed by atoms with van der Waals surface area (Å²) in [6.07, 6.45) is 5.38. The number of nitrogens with one attached hydrogen (secondary N) is 1. The van der Waals surface area contributed by atoms with Gasteiger partial charge >= 0.3 is 0 Å². The van der Waals surface area contributed by atoms with E-state index in [4.69, 9.17) is 0 Å². The average molecular weight is 313 g/mol. The molecule has 4 atom stereocenters. The van der Waals surface area contributed by atoms with E-state index in [2.05, 4.69) is 36.5 Å². The molecule has 2 aliphatic rings. The maximum atomic E-state index is 12.8. The van der Waals surface area contributed by atoms with Crippen LogP contribution in [-0.4, -0.2) is 11.7 Å². The summed E-state index contributed by atoms with van der Waals surface area (Å²) in [5.41, 5.74) is 2.65. The molecule has 4 unspecified atom stereocenters. The first-order chi connectivity index (χ1) is 11.1.